The molecule has 1 unspecified atom stereocenters. The van der Waals surface area contributed by atoms with Crippen LogP contribution < -0.4 is 115 Å². The number of hydrogen-bond donors (Lipinski definition) is 2. The number of Topliss-reactive ketones (excluding diaryl/α,β-unsaturated/α-hetero) is 1. The Hall–Kier alpha value is 0.710. The first-order valence-electron chi connectivity index (χ1n) is 9.40. The Morgan fingerprint density at radius 1 is 1.00 bits per heavy atom. The maximum atomic E-state index is 12.8. The van der Waals surface area contributed by atoms with Gasteiger partial charge in [-0.1, -0.05) is 30.3 Å². The summed E-state index contributed by atoms with van der Waals surface area (Å²) in [6.07, 6.45) is -6.01. The van der Waals surface area contributed by atoms with E-state index in [9.17, 15) is 48.4 Å². The second-order valence-electron chi connectivity index (χ2n) is 7.04. The minimum Gasteiger partial charge on any atom is -0.790 e. The molecule has 0 bridgehead atoms. The van der Waals surface area contributed by atoms with Crippen LogP contribution in [0, 0.1) is 0 Å². The Bertz CT molecular complexity index is 1270. The number of nitrogens with zero attached hydrogens (tertiary/aromatic N) is 2. The van der Waals surface area contributed by atoms with E-state index in [-0.39, 0.29) is 94.2 Å². The Balaban J connectivity index is 0.00000432. The first-order valence-corrected chi connectivity index (χ1v) is 12.3. The van der Waals surface area contributed by atoms with Crippen molar-refractivity contribution in [3.8, 4) is 0 Å². The standard InChI is InChI=1S/C17H20N2O13P2.3Na/c20-11(10-4-2-1-3-5-10)8-19-13(21)6-7-18(17(19)24)16-15(23)14(22)12(31-16)9-30-34(28,29)32-33(25,26)27;;;/h1-7,12,14-16,22-23H,8-9H2,(H,28,29)(H2,25,26,27);;;/q;3*+1/p-3/t12-,14-,15-,16-;;;/m1.../s1. The summed E-state index contributed by atoms with van der Waals surface area (Å²) in [7, 11) is -11.6. The van der Waals surface area contributed by atoms with Crippen LogP contribution in [0.5, 0.6) is 0 Å². The number of ether oxygens (including phenoxy) is 1. The molecule has 0 radical (unpaired) electrons. The number of phosphoric acid groups is 2. The van der Waals surface area contributed by atoms with Crippen molar-refractivity contribution in [1.29, 1.82) is 0 Å². The summed E-state index contributed by atoms with van der Waals surface area (Å²) in [5, 5.41) is 20.4. The van der Waals surface area contributed by atoms with E-state index in [1.165, 1.54) is 12.1 Å². The van der Waals surface area contributed by atoms with Crippen LogP contribution in [0.15, 0.2) is 52.2 Å². The summed E-state index contributed by atoms with van der Waals surface area (Å²) >= 11 is 0. The number of aliphatic hydroxyl groups is 2. The van der Waals surface area contributed by atoms with Gasteiger partial charge in [0.15, 0.2) is 12.0 Å². The van der Waals surface area contributed by atoms with Gasteiger partial charge in [-0.3, -0.25) is 27.6 Å². The van der Waals surface area contributed by atoms with Crippen LogP contribution in [0.4, 0.5) is 0 Å². The van der Waals surface area contributed by atoms with Crippen LogP contribution in [-0.2, 0) is 29.2 Å². The molecule has 1 aromatic heterocycles. The van der Waals surface area contributed by atoms with E-state index in [0.717, 1.165) is 12.3 Å². The number of hydrogen-bond acceptors (Lipinski definition) is 13. The Kier molecular flexibility index (Phi) is 15.9. The van der Waals surface area contributed by atoms with Crippen LogP contribution in [0.25, 0.3) is 0 Å². The predicted octanol–water partition coefficient (Wildman–Crippen LogP) is -12.1. The molecule has 5 atom stereocenters. The van der Waals surface area contributed by atoms with Gasteiger partial charge in [-0.05, 0) is 0 Å². The van der Waals surface area contributed by atoms with Gasteiger partial charge in [-0.25, -0.2) is 4.79 Å². The largest absolute Gasteiger partial charge is 1.00 e. The second-order valence-corrected chi connectivity index (χ2v) is 9.74. The number of aliphatic hydroxyl groups excluding tert-OH is 2. The minimum atomic E-state index is -5.95. The molecule has 37 heavy (non-hydrogen) atoms. The summed E-state index contributed by atoms with van der Waals surface area (Å²) in [4.78, 5) is 69.7. The Labute approximate surface area is 275 Å². The minimum absolute atomic E-state index is 0. The fraction of sp³-hybridized carbons (Fsp3) is 0.353. The average molecular weight is 588 g/mol. The van der Waals surface area contributed by atoms with Crippen LogP contribution >= 0.6 is 15.6 Å². The van der Waals surface area contributed by atoms with Gasteiger partial charge in [-0.2, -0.15) is 0 Å². The molecule has 1 saturated heterocycles. The molecule has 1 aliphatic heterocycles. The van der Waals surface area contributed by atoms with Gasteiger partial charge < -0.3 is 38.7 Å². The summed E-state index contributed by atoms with van der Waals surface area (Å²) < 4.78 is 35.8. The molecule has 2 N–H and O–H groups in total. The molecular weight excluding hydrogens is 571 g/mol. The van der Waals surface area contributed by atoms with Gasteiger partial charge in [0.25, 0.3) is 13.4 Å². The summed E-state index contributed by atoms with van der Waals surface area (Å²) in [5.41, 5.74) is -1.67. The average Bonchev–Trinajstić information content (AvgIpc) is 3.02. The second kappa shape index (κ2) is 15.6. The molecule has 0 aliphatic carbocycles. The zero-order valence-electron chi connectivity index (χ0n) is 19.9. The maximum Gasteiger partial charge on any atom is 1.00 e. The van der Waals surface area contributed by atoms with Gasteiger partial charge >= 0.3 is 94.4 Å². The van der Waals surface area contributed by atoms with Gasteiger partial charge in [-0.15, -0.1) is 0 Å². The number of phosphoric ester groups is 1. The Morgan fingerprint density at radius 2 is 1.59 bits per heavy atom. The zero-order chi connectivity index (χ0) is 25.3. The smallest absolute Gasteiger partial charge is 0.790 e. The topological polar surface area (TPSA) is 233 Å². The molecule has 186 valence electrons. The third-order valence-corrected chi connectivity index (χ3v) is 6.77. The molecule has 2 heterocycles. The molecule has 0 saturated carbocycles. The van der Waals surface area contributed by atoms with E-state index in [1.54, 1.807) is 18.2 Å². The van der Waals surface area contributed by atoms with Crippen molar-refractivity contribution in [1.82, 2.24) is 9.13 Å². The normalized spacial score (nSPS) is 22.6. The van der Waals surface area contributed by atoms with Crippen molar-refractivity contribution in [2.24, 2.45) is 0 Å². The van der Waals surface area contributed by atoms with Crippen molar-refractivity contribution in [3.05, 3.63) is 69.0 Å². The van der Waals surface area contributed by atoms with Gasteiger partial charge in [0, 0.05) is 17.8 Å². The first kappa shape index (κ1) is 37.7. The number of aromatic nitrogens is 2. The van der Waals surface area contributed by atoms with Crippen LogP contribution in [0.3, 0.4) is 0 Å². The molecule has 1 aliphatic rings. The summed E-state index contributed by atoms with van der Waals surface area (Å²) in [6.45, 7) is -1.72. The third-order valence-electron chi connectivity index (χ3n) is 4.70. The quantitative estimate of drug-likeness (QED) is 0.158. The van der Waals surface area contributed by atoms with E-state index < -0.39 is 70.4 Å². The van der Waals surface area contributed by atoms with E-state index in [2.05, 4.69) is 8.83 Å². The molecule has 20 heteroatoms. The zero-order valence-corrected chi connectivity index (χ0v) is 27.7. The summed E-state index contributed by atoms with van der Waals surface area (Å²) in [6, 6.07) is 8.72. The first-order chi connectivity index (χ1) is 15.8. The molecule has 2 aromatic rings. The molecular formula is C17H17N2Na3O13P2. The van der Waals surface area contributed by atoms with Crippen molar-refractivity contribution in [2.75, 3.05) is 6.61 Å². The molecule has 3 rings (SSSR count). The number of rotatable bonds is 9. The van der Waals surface area contributed by atoms with Crippen LogP contribution in [-0.4, -0.2) is 50.0 Å². The molecule has 0 amide bonds. The van der Waals surface area contributed by atoms with Gasteiger partial charge in [0.2, 0.25) is 0 Å². The van der Waals surface area contributed by atoms with Crippen molar-refractivity contribution in [3.63, 3.8) is 0 Å². The number of carbonyl (C=O) groups excluding carboxylic acids is 1. The maximum absolute atomic E-state index is 12.8. The molecule has 0 spiro atoms. The predicted molar refractivity (Wildman–Crippen MR) is 104 cm³/mol. The van der Waals surface area contributed by atoms with Crippen molar-refractivity contribution >= 4 is 21.4 Å². The van der Waals surface area contributed by atoms with E-state index in [4.69, 9.17) is 4.74 Å². The fourth-order valence-electron chi connectivity index (χ4n) is 3.14. The third kappa shape index (κ3) is 10.2. The number of carbonyl (C=O) groups is 1. The number of benzene rings is 1. The van der Waals surface area contributed by atoms with E-state index >= 15 is 0 Å². The van der Waals surface area contributed by atoms with Crippen molar-refractivity contribution < 1.29 is 141 Å². The van der Waals surface area contributed by atoms with Crippen molar-refractivity contribution in [2.45, 2.75) is 31.1 Å². The van der Waals surface area contributed by atoms with E-state index in [0.29, 0.717) is 9.13 Å². The Morgan fingerprint density at radius 3 is 2.16 bits per heavy atom. The molecule has 1 fully saturated rings. The van der Waals surface area contributed by atoms with Gasteiger partial charge in [0.05, 0.1) is 21.0 Å². The monoisotopic (exact) mass is 588 g/mol. The summed E-state index contributed by atoms with van der Waals surface area (Å²) in [5.74, 6) is -0.558. The van der Waals surface area contributed by atoms with Crippen LogP contribution in [0.1, 0.15) is 16.6 Å². The fourth-order valence-corrected chi connectivity index (χ4v) is 4.63. The molecule has 15 nitrogen and oxygen atoms in total. The van der Waals surface area contributed by atoms with E-state index in [1.807, 2.05) is 0 Å². The number of ketones is 1. The molecule has 1 aromatic carbocycles. The van der Waals surface area contributed by atoms with Gasteiger partial charge in [0.1, 0.15) is 18.3 Å². The van der Waals surface area contributed by atoms with Crippen LogP contribution in [0.2, 0.25) is 0 Å². The SMILES string of the molecule is O=C(Cn1c(=O)ccn([C@@H]2O[C@H](COP(=O)([O-])OP(=O)([O-])[O-])[C@@H](O)[C@H]2O)c1=O)c1ccccc1.[Na+].[Na+].[Na+].